The van der Waals surface area contributed by atoms with Gasteiger partial charge in [0.25, 0.3) is 11.5 Å². The minimum absolute atomic E-state index is 0.0700. The van der Waals surface area contributed by atoms with Gasteiger partial charge in [0.2, 0.25) is 0 Å². The number of nitrogens with zero attached hydrogens (tertiary/aromatic N) is 5. The predicted molar refractivity (Wildman–Crippen MR) is 137 cm³/mol. The normalized spacial score (nSPS) is 13.9. The summed E-state index contributed by atoms with van der Waals surface area (Å²) in [5.41, 5.74) is 8.81. The third-order valence-electron chi connectivity index (χ3n) is 5.93. The number of morpholine rings is 1. The first kappa shape index (κ1) is 23.1. The number of ether oxygens (including phenoxy) is 1. The van der Waals surface area contributed by atoms with E-state index in [-0.39, 0.29) is 17.2 Å². The molecule has 1 aliphatic heterocycles. The Morgan fingerprint density at radius 3 is 2.60 bits per heavy atom. The minimum Gasteiger partial charge on any atom is -0.382 e. The number of benzene rings is 2. The Labute approximate surface area is 206 Å². The summed E-state index contributed by atoms with van der Waals surface area (Å²) in [5, 5.41) is 5.10. The highest BCUT2D eigenvalue weighted by atomic mass is 32.2. The molecule has 0 unspecified atom stereocenters. The van der Waals surface area contributed by atoms with E-state index in [0.29, 0.717) is 47.3 Å². The van der Waals surface area contributed by atoms with Crippen LogP contribution in [0, 0.1) is 6.92 Å². The summed E-state index contributed by atoms with van der Waals surface area (Å²) < 4.78 is 8.39. The summed E-state index contributed by atoms with van der Waals surface area (Å²) in [6.07, 6.45) is 0. The maximum atomic E-state index is 13.7. The van der Waals surface area contributed by atoms with Gasteiger partial charge in [-0.25, -0.2) is 9.67 Å². The van der Waals surface area contributed by atoms with Gasteiger partial charge in [-0.3, -0.25) is 14.2 Å². The fourth-order valence-corrected chi connectivity index (χ4v) is 5.00. The van der Waals surface area contributed by atoms with Gasteiger partial charge in [0.05, 0.1) is 36.4 Å². The number of carbonyl (C=O) groups excluding carboxylic acids is 1. The zero-order chi connectivity index (χ0) is 24.4. The fourth-order valence-electron chi connectivity index (χ4n) is 4.16. The van der Waals surface area contributed by atoms with Gasteiger partial charge in [-0.1, -0.05) is 42.1 Å². The zero-order valence-electron chi connectivity index (χ0n) is 19.4. The number of aromatic nitrogens is 4. The van der Waals surface area contributed by atoms with Crippen molar-refractivity contribution in [2.24, 2.45) is 0 Å². The first-order valence-electron chi connectivity index (χ1n) is 11.4. The first-order chi connectivity index (χ1) is 17.0. The van der Waals surface area contributed by atoms with Crippen molar-refractivity contribution in [1.82, 2.24) is 19.3 Å². The number of fused-ring (bicyclic) bond motifs is 1. The molecule has 0 radical (unpaired) electrons. The molecule has 2 N–H and O–H groups in total. The molecule has 10 heteroatoms. The van der Waals surface area contributed by atoms with Crippen molar-refractivity contribution in [3.63, 3.8) is 0 Å². The van der Waals surface area contributed by atoms with Crippen LogP contribution >= 0.6 is 11.8 Å². The monoisotopic (exact) mass is 490 g/mol. The third kappa shape index (κ3) is 4.94. The zero-order valence-corrected chi connectivity index (χ0v) is 20.2. The van der Waals surface area contributed by atoms with Crippen molar-refractivity contribution in [2.75, 3.05) is 42.7 Å². The Morgan fingerprint density at radius 1 is 1.11 bits per heavy atom. The average Bonchev–Trinajstić information content (AvgIpc) is 3.23. The summed E-state index contributed by atoms with van der Waals surface area (Å²) >= 11 is 1.22. The van der Waals surface area contributed by atoms with Crippen LogP contribution < -0.4 is 16.2 Å². The van der Waals surface area contributed by atoms with Gasteiger partial charge in [0.1, 0.15) is 5.82 Å². The van der Waals surface area contributed by atoms with Crippen molar-refractivity contribution in [1.29, 1.82) is 0 Å². The molecule has 180 valence electrons. The lowest BCUT2D eigenvalue weighted by Gasteiger charge is -2.29. The van der Waals surface area contributed by atoms with Crippen LogP contribution in [-0.2, 0) is 11.3 Å². The Kier molecular flexibility index (Phi) is 6.56. The van der Waals surface area contributed by atoms with Gasteiger partial charge in [-0.15, -0.1) is 5.10 Å². The number of hydrogen-bond donors (Lipinski definition) is 1. The maximum Gasteiger partial charge on any atom is 0.262 e. The van der Waals surface area contributed by atoms with Crippen LogP contribution in [0.4, 0.5) is 11.5 Å². The number of aryl methyl sites for hydroxylation is 1. The van der Waals surface area contributed by atoms with Gasteiger partial charge in [-0.2, -0.15) is 0 Å². The first-order valence-corrected chi connectivity index (χ1v) is 12.4. The quantitative estimate of drug-likeness (QED) is 0.325. The van der Waals surface area contributed by atoms with Crippen molar-refractivity contribution < 1.29 is 9.53 Å². The topological polar surface area (TPSA) is 108 Å². The highest BCUT2D eigenvalue weighted by Gasteiger charge is 2.18. The minimum atomic E-state index is -0.229. The van der Waals surface area contributed by atoms with Crippen LogP contribution in [0.1, 0.15) is 16.1 Å². The lowest BCUT2D eigenvalue weighted by atomic mass is 10.2. The molecule has 1 fully saturated rings. The van der Waals surface area contributed by atoms with Gasteiger partial charge in [0.15, 0.2) is 5.16 Å². The molecule has 3 heterocycles. The molecule has 1 aliphatic rings. The molecule has 0 bridgehead atoms. The fraction of sp³-hybridized carbons (Fsp3) is 0.280. The van der Waals surface area contributed by atoms with Crippen molar-refractivity contribution >= 4 is 40.1 Å². The summed E-state index contributed by atoms with van der Waals surface area (Å²) in [5.74, 6) is 0.134. The van der Waals surface area contributed by atoms with Gasteiger partial charge >= 0.3 is 0 Å². The van der Waals surface area contributed by atoms with Gasteiger partial charge in [-0.05, 0) is 30.7 Å². The summed E-state index contributed by atoms with van der Waals surface area (Å²) in [6.45, 7) is 5.03. The lowest BCUT2D eigenvalue weighted by Crippen LogP contribution is -2.36. The second-order valence-corrected chi connectivity index (χ2v) is 9.32. The molecule has 35 heavy (non-hydrogen) atoms. The molecule has 2 aromatic heterocycles. The van der Waals surface area contributed by atoms with E-state index in [1.807, 2.05) is 48.5 Å². The Balaban J connectivity index is 1.51. The summed E-state index contributed by atoms with van der Waals surface area (Å²) in [7, 11) is 0. The molecule has 1 saturated heterocycles. The van der Waals surface area contributed by atoms with E-state index in [4.69, 9.17) is 15.5 Å². The molecule has 0 atom stereocenters. The van der Waals surface area contributed by atoms with Crippen LogP contribution in [0.3, 0.4) is 0 Å². The molecular weight excluding hydrogens is 464 g/mol. The van der Waals surface area contributed by atoms with Gasteiger partial charge < -0.3 is 15.4 Å². The molecule has 4 aromatic rings. The Morgan fingerprint density at radius 2 is 1.89 bits per heavy atom. The Hall–Kier alpha value is -3.63. The standard InChI is InChI=1S/C25H26N6O3S/c1-17-13-22(26)28-31(17)23(32)16-35-25-27-21-8-7-19(29-9-11-34-12-10-29)14-20(21)24(33)30(25)15-18-5-3-2-4-6-18/h2-8,13-14H,9-12,15-16H2,1H3,(H2,26,28). The number of carbonyl (C=O) groups is 1. The van der Waals surface area contributed by atoms with E-state index in [1.54, 1.807) is 17.6 Å². The average molecular weight is 491 g/mol. The second-order valence-electron chi connectivity index (χ2n) is 8.38. The molecule has 2 aromatic carbocycles. The van der Waals surface area contributed by atoms with E-state index < -0.39 is 0 Å². The van der Waals surface area contributed by atoms with Crippen LogP contribution in [-0.4, -0.2) is 57.3 Å². The number of thioether (sulfide) groups is 1. The van der Waals surface area contributed by atoms with Crippen LogP contribution in [0.15, 0.2) is 64.5 Å². The Bertz CT molecular complexity index is 1430. The lowest BCUT2D eigenvalue weighted by molar-refractivity contribution is 0.0924. The summed E-state index contributed by atoms with van der Waals surface area (Å²) in [6, 6.07) is 17.2. The molecule has 9 nitrogen and oxygen atoms in total. The van der Waals surface area contributed by atoms with Crippen LogP contribution in [0.2, 0.25) is 0 Å². The molecule has 0 saturated carbocycles. The van der Waals surface area contributed by atoms with E-state index in [2.05, 4.69) is 10.00 Å². The van der Waals surface area contributed by atoms with Crippen molar-refractivity contribution in [3.05, 3.63) is 76.2 Å². The van der Waals surface area contributed by atoms with Gasteiger partial charge in [0, 0.05) is 30.5 Å². The molecule has 0 amide bonds. The molecule has 0 aliphatic carbocycles. The molecule has 5 rings (SSSR count). The highest BCUT2D eigenvalue weighted by molar-refractivity contribution is 7.99. The number of rotatable bonds is 6. The summed E-state index contributed by atoms with van der Waals surface area (Å²) in [4.78, 5) is 33.5. The van der Waals surface area contributed by atoms with Crippen molar-refractivity contribution in [2.45, 2.75) is 18.6 Å². The van der Waals surface area contributed by atoms with Crippen molar-refractivity contribution in [3.8, 4) is 0 Å². The van der Waals surface area contributed by atoms with E-state index >= 15 is 0 Å². The number of nitrogen functional groups attached to an aromatic ring is 1. The smallest absolute Gasteiger partial charge is 0.262 e. The van der Waals surface area contributed by atoms with E-state index in [1.165, 1.54) is 16.4 Å². The van der Waals surface area contributed by atoms with E-state index in [9.17, 15) is 9.59 Å². The van der Waals surface area contributed by atoms with E-state index in [0.717, 1.165) is 24.3 Å². The molecular formula is C25H26N6O3S. The largest absolute Gasteiger partial charge is 0.382 e. The second kappa shape index (κ2) is 9.93. The number of nitrogens with two attached hydrogens (primary N) is 1. The molecule has 0 spiro atoms. The van der Waals surface area contributed by atoms with Crippen LogP contribution in [0.5, 0.6) is 0 Å². The number of anilines is 2. The maximum absolute atomic E-state index is 13.7. The van der Waals surface area contributed by atoms with Crippen LogP contribution in [0.25, 0.3) is 10.9 Å². The highest BCUT2D eigenvalue weighted by Crippen LogP contribution is 2.24. The third-order valence-corrected chi connectivity index (χ3v) is 6.89. The predicted octanol–water partition coefficient (Wildman–Crippen LogP) is 2.80. The SMILES string of the molecule is Cc1cc(N)nn1C(=O)CSc1nc2ccc(N3CCOCC3)cc2c(=O)n1Cc1ccccc1. The number of hydrogen-bond acceptors (Lipinski definition) is 8.